The number of nitrogens with zero attached hydrogens (tertiary/aromatic N) is 1. The molecular weight excluding hydrogens is 795 g/mol. The van der Waals surface area contributed by atoms with Gasteiger partial charge in [0, 0.05) is 16.5 Å². The molecule has 0 saturated carbocycles. The molecule has 0 radical (unpaired) electrons. The van der Waals surface area contributed by atoms with E-state index in [9.17, 15) is 0 Å². The van der Waals surface area contributed by atoms with E-state index in [1.165, 1.54) is 93.9 Å². The van der Waals surface area contributed by atoms with Crippen molar-refractivity contribution in [1.82, 2.24) is 4.98 Å². The molecule has 0 N–H and O–H groups in total. The third-order valence-electron chi connectivity index (χ3n) is 14.7. The fraction of sp³-hybridized carbons (Fsp3) is 0.0615. The van der Waals surface area contributed by atoms with Crippen molar-refractivity contribution in [3.05, 3.63) is 270 Å². The summed E-state index contributed by atoms with van der Waals surface area (Å²) in [7, 11) is 0. The van der Waals surface area contributed by atoms with Crippen LogP contribution in [0.15, 0.2) is 237 Å². The van der Waals surface area contributed by atoms with Gasteiger partial charge < -0.3 is 0 Å². The van der Waals surface area contributed by atoms with E-state index in [2.05, 4.69) is 250 Å². The molecule has 13 rings (SSSR count). The maximum atomic E-state index is 5.60. The van der Waals surface area contributed by atoms with Crippen LogP contribution in [0.3, 0.4) is 0 Å². The van der Waals surface area contributed by atoms with Crippen molar-refractivity contribution in [3.63, 3.8) is 0 Å². The zero-order valence-electron chi connectivity index (χ0n) is 37.0. The summed E-state index contributed by atoms with van der Waals surface area (Å²) in [5, 5.41) is 5.00. The first kappa shape index (κ1) is 38.3. The summed E-state index contributed by atoms with van der Waals surface area (Å²) in [5.41, 5.74) is 21.1. The summed E-state index contributed by atoms with van der Waals surface area (Å²) >= 11 is 0. The first-order valence-electron chi connectivity index (χ1n) is 23.1. The summed E-state index contributed by atoms with van der Waals surface area (Å²) in [5.74, 6) is 0. The van der Waals surface area contributed by atoms with Crippen LogP contribution < -0.4 is 0 Å². The monoisotopic (exact) mass is 839 g/mol. The number of aromatic nitrogens is 1. The van der Waals surface area contributed by atoms with Gasteiger partial charge in [0.1, 0.15) is 0 Å². The van der Waals surface area contributed by atoms with Crippen molar-refractivity contribution in [2.45, 2.75) is 24.7 Å². The second kappa shape index (κ2) is 14.7. The lowest BCUT2D eigenvalue weighted by molar-refractivity contribution is 0.563. The Balaban J connectivity index is 1.16. The minimum Gasteiger partial charge on any atom is -0.248 e. The van der Waals surface area contributed by atoms with Gasteiger partial charge in [-0.3, -0.25) is 0 Å². The highest BCUT2D eigenvalue weighted by Crippen LogP contribution is 2.64. The van der Waals surface area contributed by atoms with Crippen LogP contribution >= 0.6 is 0 Å². The van der Waals surface area contributed by atoms with Gasteiger partial charge in [0.15, 0.2) is 0 Å². The molecule has 0 aliphatic heterocycles. The van der Waals surface area contributed by atoms with Crippen LogP contribution in [0.5, 0.6) is 0 Å². The maximum absolute atomic E-state index is 5.60. The zero-order chi connectivity index (χ0) is 44.0. The largest absolute Gasteiger partial charge is 0.248 e. The van der Waals surface area contributed by atoms with Crippen LogP contribution in [0.25, 0.3) is 88.6 Å². The van der Waals surface area contributed by atoms with Gasteiger partial charge in [0.25, 0.3) is 0 Å². The van der Waals surface area contributed by atoms with E-state index in [0.717, 1.165) is 28.1 Å². The first-order chi connectivity index (χ1) is 32.5. The number of rotatable bonds is 5. The number of pyridine rings is 1. The molecule has 1 aromatic heterocycles. The topological polar surface area (TPSA) is 12.9 Å². The normalized spacial score (nSPS) is 13.8. The van der Waals surface area contributed by atoms with Crippen molar-refractivity contribution in [1.29, 1.82) is 0 Å². The highest BCUT2D eigenvalue weighted by Gasteiger charge is 2.53. The van der Waals surface area contributed by atoms with Crippen molar-refractivity contribution in [3.8, 4) is 67.0 Å². The molecule has 0 unspecified atom stereocenters. The van der Waals surface area contributed by atoms with Crippen LogP contribution in [0.4, 0.5) is 0 Å². The SMILES string of the molecule is CC1(C)c2ccccc2C2(c3ccc(-c4c5ccccc5c(-c5ccccc5)c5ccccc45)cc3-c3c(-c4cc(-c5ccccc5)cc(-c5ccccc5)n4)cccc32)c2ccccc21. The van der Waals surface area contributed by atoms with E-state index in [1.54, 1.807) is 0 Å². The van der Waals surface area contributed by atoms with Crippen LogP contribution in [0, 0.1) is 0 Å². The second-order valence-corrected chi connectivity index (χ2v) is 18.5. The van der Waals surface area contributed by atoms with Crippen molar-refractivity contribution in [2.24, 2.45) is 0 Å². The Morgan fingerprint density at radius 3 is 1.30 bits per heavy atom. The molecule has 1 heterocycles. The minimum atomic E-state index is -0.567. The molecule has 10 aromatic carbocycles. The lowest BCUT2D eigenvalue weighted by Gasteiger charge is -2.46. The fourth-order valence-corrected chi connectivity index (χ4v) is 11.9. The lowest BCUT2D eigenvalue weighted by Crippen LogP contribution is -2.40. The van der Waals surface area contributed by atoms with Crippen molar-refractivity contribution < 1.29 is 0 Å². The number of fused-ring (bicyclic) bond motifs is 11. The van der Waals surface area contributed by atoms with E-state index >= 15 is 0 Å². The van der Waals surface area contributed by atoms with E-state index in [-0.39, 0.29) is 5.41 Å². The van der Waals surface area contributed by atoms with Gasteiger partial charge in [0.05, 0.1) is 16.8 Å². The van der Waals surface area contributed by atoms with Crippen LogP contribution in [0.1, 0.15) is 47.2 Å². The van der Waals surface area contributed by atoms with E-state index < -0.39 is 5.41 Å². The Hall–Kier alpha value is -8.13. The number of hydrogen-bond donors (Lipinski definition) is 0. The number of benzene rings is 10. The summed E-state index contributed by atoms with van der Waals surface area (Å²) in [6.45, 7) is 4.79. The highest BCUT2D eigenvalue weighted by molar-refractivity contribution is 6.21. The molecular formula is C65H45N. The summed E-state index contributed by atoms with van der Waals surface area (Å²) < 4.78 is 0. The van der Waals surface area contributed by atoms with Gasteiger partial charge in [-0.05, 0) is 118 Å². The third-order valence-corrected chi connectivity index (χ3v) is 14.7. The Morgan fingerprint density at radius 2 is 0.727 bits per heavy atom. The maximum Gasteiger partial charge on any atom is 0.0722 e. The summed E-state index contributed by atoms with van der Waals surface area (Å²) in [6.07, 6.45) is 0. The van der Waals surface area contributed by atoms with Gasteiger partial charge in [0.2, 0.25) is 0 Å². The molecule has 0 atom stereocenters. The second-order valence-electron chi connectivity index (χ2n) is 18.5. The standard InChI is InChI=1S/C65H45N/c1-64(2)54-32-16-18-34-56(54)65(57-35-19-17-33-55(57)64)53-38-37-45(62-49-29-14-12-27-47(49)61(44-25-10-5-11-26-44)48-28-13-15-30-50(48)62)39-52(53)63-51(31-20-36-58(63)65)60-41-46(42-21-6-3-7-22-42)40-59(66-60)43-23-8-4-9-24-43/h3-41H,1-2H3. The average molecular weight is 840 g/mol. The predicted octanol–water partition coefficient (Wildman–Crippen LogP) is 16.7. The molecule has 1 spiro atoms. The van der Waals surface area contributed by atoms with Crippen LogP contribution in [-0.2, 0) is 10.8 Å². The van der Waals surface area contributed by atoms with Crippen molar-refractivity contribution >= 4 is 21.5 Å². The molecule has 2 aliphatic carbocycles. The molecule has 1 nitrogen and oxygen atoms in total. The van der Waals surface area contributed by atoms with Crippen LogP contribution in [-0.4, -0.2) is 4.98 Å². The lowest BCUT2D eigenvalue weighted by atomic mass is 9.55. The molecule has 0 fully saturated rings. The molecule has 11 aromatic rings. The van der Waals surface area contributed by atoms with Gasteiger partial charge in [-0.2, -0.15) is 0 Å². The molecule has 1 heteroatoms. The molecule has 2 aliphatic rings. The molecule has 0 bridgehead atoms. The Morgan fingerprint density at radius 1 is 0.273 bits per heavy atom. The third kappa shape index (κ3) is 5.50. The van der Waals surface area contributed by atoms with E-state index in [4.69, 9.17) is 4.98 Å². The van der Waals surface area contributed by atoms with Gasteiger partial charge >= 0.3 is 0 Å². The smallest absolute Gasteiger partial charge is 0.0722 e. The Labute approximate surface area is 386 Å². The van der Waals surface area contributed by atoms with Crippen LogP contribution in [0.2, 0.25) is 0 Å². The van der Waals surface area contributed by atoms with Crippen molar-refractivity contribution in [2.75, 3.05) is 0 Å². The quantitative estimate of drug-likeness (QED) is 0.157. The molecule has 0 saturated heterocycles. The summed E-state index contributed by atoms with van der Waals surface area (Å²) in [4.78, 5) is 5.60. The number of hydrogen-bond acceptors (Lipinski definition) is 1. The Kier molecular flexibility index (Phi) is 8.54. The molecule has 66 heavy (non-hydrogen) atoms. The van der Waals surface area contributed by atoms with Gasteiger partial charge in [-0.1, -0.05) is 232 Å². The average Bonchev–Trinajstić information content (AvgIpc) is 3.68. The molecule has 310 valence electrons. The van der Waals surface area contributed by atoms with E-state index in [0.29, 0.717) is 0 Å². The van der Waals surface area contributed by atoms with E-state index in [1.807, 2.05) is 0 Å². The van der Waals surface area contributed by atoms with Gasteiger partial charge in [-0.25, -0.2) is 4.98 Å². The van der Waals surface area contributed by atoms with Gasteiger partial charge in [-0.15, -0.1) is 0 Å². The fourth-order valence-electron chi connectivity index (χ4n) is 11.9. The molecule has 0 amide bonds. The highest BCUT2D eigenvalue weighted by atomic mass is 14.7. The zero-order valence-corrected chi connectivity index (χ0v) is 37.0. The predicted molar refractivity (Wildman–Crippen MR) is 276 cm³/mol. The first-order valence-corrected chi connectivity index (χ1v) is 23.1. The summed E-state index contributed by atoms with van der Waals surface area (Å²) in [6, 6.07) is 87.6. The Bertz CT molecular complexity index is 3550. The minimum absolute atomic E-state index is 0.201.